The van der Waals surface area contributed by atoms with Gasteiger partial charge in [0.1, 0.15) is 0 Å². The first-order valence-corrected chi connectivity index (χ1v) is 7.90. The average molecular weight is 263 g/mol. The van der Waals surface area contributed by atoms with Crippen LogP contribution in [0.2, 0.25) is 0 Å². The Morgan fingerprint density at radius 3 is 2.61 bits per heavy atom. The van der Waals surface area contributed by atoms with Gasteiger partial charge in [0.25, 0.3) is 0 Å². The normalized spacial score (nSPS) is 53.6. The van der Waals surface area contributed by atoms with E-state index in [0.717, 1.165) is 23.7 Å². The molecule has 0 aliphatic heterocycles. The zero-order chi connectivity index (χ0) is 13.1. The van der Waals surface area contributed by atoms with Crippen LogP contribution >= 0.6 is 12.2 Å². The molecule has 0 unspecified atom stereocenters. The number of rotatable bonds is 2. The molecule has 0 aromatic rings. The van der Waals surface area contributed by atoms with Crippen LogP contribution in [-0.4, -0.2) is 11.2 Å². The molecule has 0 heterocycles. The van der Waals surface area contributed by atoms with Crippen LogP contribution in [0.15, 0.2) is 4.99 Å². The maximum absolute atomic E-state index is 4.93. The molecule has 0 aromatic carbocycles. The lowest BCUT2D eigenvalue weighted by atomic mass is 9.48. The number of isothiocyanates is 1. The van der Waals surface area contributed by atoms with Gasteiger partial charge in [0.05, 0.1) is 11.2 Å². The Bertz CT molecular complexity index is 411. The highest BCUT2D eigenvalue weighted by Crippen LogP contribution is 2.70. The van der Waals surface area contributed by atoms with Gasteiger partial charge in [0.2, 0.25) is 0 Å². The van der Waals surface area contributed by atoms with Gasteiger partial charge >= 0.3 is 0 Å². The van der Waals surface area contributed by atoms with Crippen molar-refractivity contribution < 1.29 is 0 Å². The van der Waals surface area contributed by atoms with Crippen LogP contribution in [0.5, 0.6) is 0 Å². The van der Waals surface area contributed by atoms with Gasteiger partial charge in [-0.3, -0.25) is 0 Å². The van der Waals surface area contributed by atoms with Gasteiger partial charge in [-0.2, -0.15) is 0 Å². The number of fused-ring (bicyclic) bond motifs is 1. The monoisotopic (exact) mass is 263 g/mol. The van der Waals surface area contributed by atoms with Gasteiger partial charge in [-0.15, -0.1) is 0 Å². The molecular formula is C16H25NS. The second-order valence-electron chi connectivity index (χ2n) is 7.91. The van der Waals surface area contributed by atoms with E-state index >= 15 is 0 Å². The Balaban J connectivity index is 2.05. The molecule has 1 nitrogen and oxygen atoms in total. The number of hydrogen-bond acceptors (Lipinski definition) is 2. The van der Waals surface area contributed by atoms with E-state index in [-0.39, 0.29) is 0 Å². The molecule has 0 N–H and O–H groups in total. The number of nitrogens with zero attached hydrogens (tertiary/aromatic N) is 1. The summed E-state index contributed by atoms with van der Waals surface area (Å²) in [6.07, 6.45) is 5.51. The van der Waals surface area contributed by atoms with Crippen LogP contribution in [0.1, 0.15) is 53.4 Å². The summed E-state index contributed by atoms with van der Waals surface area (Å²) in [5, 5.41) is 2.71. The van der Waals surface area contributed by atoms with Crippen LogP contribution in [0.25, 0.3) is 0 Å². The quantitative estimate of drug-likeness (QED) is 0.525. The molecule has 0 amide bonds. The number of hydrogen-bond donors (Lipinski definition) is 0. The summed E-state index contributed by atoms with van der Waals surface area (Å²) in [7, 11) is 0. The minimum absolute atomic E-state index is 0.392. The molecule has 4 bridgehead atoms. The van der Waals surface area contributed by atoms with Crippen LogP contribution in [0.3, 0.4) is 0 Å². The third-order valence-corrected chi connectivity index (χ3v) is 6.75. The summed E-state index contributed by atoms with van der Waals surface area (Å²) >= 11 is 4.93. The highest BCUT2D eigenvalue weighted by Gasteiger charge is 2.66. The molecule has 0 spiro atoms. The third kappa shape index (κ3) is 1.45. The maximum atomic E-state index is 4.93. The van der Waals surface area contributed by atoms with Crippen LogP contribution < -0.4 is 0 Å². The fourth-order valence-electron chi connectivity index (χ4n) is 6.01. The highest BCUT2D eigenvalue weighted by atomic mass is 32.1. The first-order chi connectivity index (χ1) is 8.42. The molecule has 2 heteroatoms. The van der Waals surface area contributed by atoms with Crippen molar-refractivity contribution in [3.05, 3.63) is 0 Å². The predicted molar refractivity (Wildman–Crippen MR) is 78.8 cm³/mol. The Morgan fingerprint density at radius 1 is 1.28 bits per heavy atom. The smallest absolute Gasteiger partial charge is 0.0712 e. The number of aliphatic imine (C=N–C) groups is 1. The van der Waals surface area contributed by atoms with Gasteiger partial charge in [-0.1, -0.05) is 27.7 Å². The maximum Gasteiger partial charge on any atom is 0.0712 e. The van der Waals surface area contributed by atoms with Crippen molar-refractivity contribution >= 4 is 17.4 Å². The van der Waals surface area contributed by atoms with Crippen molar-refractivity contribution in [1.29, 1.82) is 0 Å². The van der Waals surface area contributed by atoms with Crippen molar-refractivity contribution in [1.82, 2.24) is 0 Å². The Labute approximate surface area is 116 Å². The van der Waals surface area contributed by atoms with E-state index in [1.165, 1.54) is 25.7 Å². The molecule has 4 fully saturated rings. The van der Waals surface area contributed by atoms with E-state index < -0.39 is 0 Å². The van der Waals surface area contributed by atoms with E-state index in [1.54, 1.807) is 0 Å². The van der Waals surface area contributed by atoms with E-state index in [9.17, 15) is 0 Å². The van der Waals surface area contributed by atoms with Crippen LogP contribution in [0.4, 0.5) is 0 Å². The lowest BCUT2D eigenvalue weighted by Gasteiger charge is -2.58. The highest BCUT2D eigenvalue weighted by molar-refractivity contribution is 7.78. The fraction of sp³-hybridized carbons (Fsp3) is 0.938. The number of thiocarbonyl (C=S) groups is 1. The first-order valence-electron chi connectivity index (χ1n) is 7.49. The summed E-state index contributed by atoms with van der Waals surface area (Å²) in [6, 6.07) is 0.432. The largest absolute Gasteiger partial charge is 0.228 e. The van der Waals surface area contributed by atoms with Crippen molar-refractivity contribution in [2.24, 2.45) is 39.5 Å². The average Bonchev–Trinajstić information content (AvgIpc) is 2.55. The third-order valence-electron chi connectivity index (χ3n) is 6.64. The van der Waals surface area contributed by atoms with Gasteiger partial charge in [-0.05, 0) is 72.4 Å². The van der Waals surface area contributed by atoms with Crippen molar-refractivity contribution in [3.8, 4) is 0 Å². The molecule has 0 aromatic heterocycles. The van der Waals surface area contributed by atoms with Crippen molar-refractivity contribution in [3.63, 3.8) is 0 Å². The standard InChI is InChI=1S/C16H25NS/c1-10(2)11-8-16(4)13-5-6-15(3,7-12(11)13)14(16)17-9-18/h10-14H,5-8H2,1-4H3/t11-,12-,13-,14+,15+,16+/m0/s1. The van der Waals surface area contributed by atoms with E-state index in [0.29, 0.717) is 16.9 Å². The molecular weight excluding hydrogens is 238 g/mol. The molecule has 6 atom stereocenters. The second-order valence-corrected chi connectivity index (χ2v) is 8.09. The molecule has 4 aliphatic carbocycles. The SMILES string of the molecule is CC(C)[C@@H]1C[C@@]2(C)[C@H](N=C=S)[C@]3(C)CC[C@H]2[C@H]1C3. The molecule has 4 saturated carbocycles. The molecule has 18 heavy (non-hydrogen) atoms. The summed E-state index contributed by atoms with van der Waals surface area (Å²) in [5.41, 5.74) is 0.792. The summed E-state index contributed by atoms with van der Waals surface area (Å²) in [6.45, 7) is 9.76. The van der Waals surface area contributed by atoms with Crippen molar-refractivity contribution in [2.75, 3.05) is 0 Å². The van der Waals surface area contributed by atoms with E-state index in [1.807, 2.05) is 0 Å². The topological polar surface area (TPSA) is 12.4 Å². The fourth-order valence-corrected chi connectivity index (χ4v) is 6.11. The molecule has 4 aliphatic rings. The second kappa shape index (κ2) is 3.90. The Hall–Kier alpha value is -0.200. The first kappa shape index (κ1) is 12.8. The lowest BCUT2D eigenvalue weighted by molar-refractivity contribution is -0.0654. The molecule has 0 radical (unpaired) electrons. The lowest BCUT2D eigenvalue weighted by Crippen LogP contribution is -2.55. The van der Waals surface area contributed by atoms with Crippen LogP contribution in [0, 0.1) is 34.5 Å². The summed E-state index contributed by atoms with van der Waals surface area (Å²) in [5.74, 6) is 3.57. The zero-order valence-corrected chi connectivity index (χ0v) is 12.9. The van der Waals surface area contributed by atoms with E-state index in [4.69, 9.17) is 12.2 Å². The van der Waals surface area contributed by atoms with Gasteiger partial charge in [0, 0.05) is 0 Å². The minimum Gasteiger partial charge on any atom is -0.228 e. The molecule has 0 saturated heterocycles. The van der Waals surface area contributed by atoms with E-state index in [2.05, 4.69) is 37.8 Å². The van der Waals surface area contributed by atoms with Gasteiger partial charge < -0.3 is 0 Å². The molecule has 4 rings (SSSR count). The van der Waals surface area contributed by atoms with Crippen molar-refractivity contribution in [2.45, 2.75) is 59.4 Å². The zero-order valence-electron chi connectivity index (χ0n) is 12.1. The van der Waals surface area contributed by atoms with Gasteiger partial charge in [0.15, 0.2) is 0 Å². The minimum atomic E-state index is 0.392. The van der Waals surface area contributed by atoms with Gasteiger partial charge in [-0.25, -0.2) is 4.99 Å². The predicted octanol–water partition coefficient (Wildman–Crippen LogP) is 4.58. The Kier molecular flexibility index (Phi) is 2.78. The Morgan fingerprint density at radius 2 is 2.00 bits per heavy atom. The summed E-state index contributed by atoms with van der Waals surface area (Å²) in [4.78, 5) is 4.65. The molecule has 100 valence electrons. The van der Waals surface area contributed by atoms with Crippen LogP contribution in [-0.2, 0) is 0 Å². The summed E-state index contributed by atoms with van der Waals surface area (Å²) < 4.78 is 0.